The van der Waals surface area contributed by atoms with E-state index in [1.54, 1.807) is 11.1 Å². The van der Waals surface area contributed by atoms with E-state index < -0.39 is 0 Å². The molecule has 0 aliphatic carbocycles. The average Bonchev–Trinajstić information content (AvgIpc) is 3.08. The molecule has 1 unspecified atom stereocenters. The minimum Gasteiger partial charge on any atom is -0.445 e. The second-order valence-electron chi connectivity index (χ2n) is 7.05. The van der Waals surface area contributed by atoms with Gasteiger partial charge in [-0.15, -0.1) is 0 Å². The maximum atomic E-state index is 12.6. The monoisotopic (exact) mass is 443 g/mol. The van der Waals surface area contributed by atoms with E-state index in [0.717, 1.165) is 35.4 Å². The number of fused-ring (bicyclic) bond motifs is 1. The molecule has 0 bridgehead atoms. The Morgan fingerprint density at radius 2 is 2.14 bits per heavy atom. The van der Waals surface area contributed by atoms with Gasteiger partial charge in [0.2, 0.25) is 0 Å². The number of amides is 1. The van der Waals surface area contributed by atoms with Crippen molar-refractivity contribution in [1.82, 2.24) is 19.3 Å². The first-order valence-electron chi connectivity index (χ1n) is 9.29. The number of hydrogen-bond donors (Lipinski definition) is 1. The van der Waals surface area contributed by atoms with Gasteiger partial charge in [-0.05, 0) is 41.3 Å². The molecule has 1 amide bonds. The third-order valence-corrected chi connectivity index (χ3v) is 5.65. The zero-order valence-electron chi connectivity index (χ0n) is 15.6. The van der Waals surface area contributed by atoms with E-state index in [9.17, 15) is 4.79 Å². The molecule has 1 fully saturated rings. The summed E-state index contributed by atoms with van der Waals surface area (Å²) >= 11 is 3.51. The van der Waals surface area contributed by atoms with Crippen molar-refractivity contribution in [2.45, 2.75) is 32.3 Å². The number of hydrogen-bond acceptors (Lipinski definition) is 5. The number of nitrogen functional groups attached to an aromatic ring is 1. The van der Waals surface area contributed by atoms with Crippen LogP contribution in [0.15, 0.2) is 41.1 Å². The summed E-state index contributed by atoms with van der Waals surface area (Å²) in [6.45, 7) is 3.52. The highest BCUT2D eigenvalue weighted by Gasteiger charge is 2.30. The maximum Gasteiger partial charge on any atom is 0.410 e. The van der Waals surface area contributed by atoms with Crippen molar-refractivity contribution < 1.29 is 9.53 Å². The summed E-state index contributed by atoms with van der Waals surface area (Å²) in [5.74, 6) is 1.44. The van der Waals surface area contributed by atoms with E-state index in [-0.39, 0.29) is 18.6 Å². The lowest BCUT2D eigenvalue weighted by molar-refractivity contribution is 0.0852. The number of nitrogens with zero attached hydrogens (tertiary/aromatic N) is 4. The molecule has 1 saturated heterocycles. The molecule has 3 heterocycles. The normalized spacial score (nSPS) is 17.1. The van der Waals surface area contributed by atoms with Gasteiger partial charge in [-0.1, -0.05) is 30.3 Å². The summed E-state index contributed by atoms with van der Waals surface area (Å²) < 4.78 is 8.23. The zero-order valence-corrected chi connectivity index (χ0v) is 17.2. The summed E-state index contributed by atoms with van der Waals surface area (Å²) in [6.07, 6.45) is 3.31. The second kappa shape index (κ2) is 7.79. The molecule has 3 aromatic rings. The number of halogens is 1. The fourth-order valence-corrected chi connectivity index (χ4v) is 4.27. The van der Waals surface area contributed by atoms with Gasteiger partial charge in [0.25, 0.3) is 0 Å². The minimum absolute atomic E-state index is 0.109. The number of piperidine rings is 1. The molecule has 1 aliphatic heterocycles. The Morgan fingerprint density at radius 3 is 2.93 bits per heavy atom. The van der Waals surface area contributed by atoms with E-state index in [1.165, 1.54) is 0 Å². The van der Waals surface area contributed by atoms with Crippen molar-refractivity contribution in [1.29, 1.82) is 0 Å². The third-order valence-electron chi connectivity index (χ3n) is 5.10. The molecule has 8 heteroatoms. The molecule has 1 aliphatic rings. The highest BCUT2D eigenvalue weighted by atomic mass is 79.9. The van der Waals surface area contributed by atoms with Gasteiger partial charge in [-0.3, -0.25) is 4.40 Å². The SMILES string of the molecule is Cc1cnc(N)c2c(Br)nc(C3CCCN(C(=O)OCc4ccccc4)C3)n12. The number of rotatable bonds is 3. The number of aromatic nitrogens is 3. The Morgan fingerprint density at radius 1 is 1.36 bits per heavy atom. The highest BCUT2D eigenvalue weighted by Crippen LogP contribution is 2.32. The Bertz CT molecular complexity index is 1000. The first-order valence-corrected chi connectivity index (χ1v) is 10.1. The first kappa shape index (κ1) is 18.7. The highest BCUT2D eigenvalue weighted by molar-refractivity contribution is 9.10. The molecule has 2 N–H and O–H groups in total. The number of carbonyl (C=O) groups is 1. The van der Waals surface area contributed by atoms with Crippen LogP contribution in [0.1, 0.15) is 35.8 Å². The predicted octanol–water partition coefficient (Wildman–Crippen LogP) is 3.90. The molecule has 146 valence electrons. The Kier molecular flexibility index (Phi) is 5.21. The van der Waals surface area contributed by atoms with Gasteiger partial charge in [0.15, 0.2) is 5.82 Å². The number of ether oxygens (including phenoxy) is 1. The van der Waals surface area contributed by atoms with E-state index in [2.05, 4.69) is 20.9 Å². The van der Waals surface area contributed by atoms with Crippen LogP contribution in [0.25, 0.3) is 5.52 Å². The predicted molar refractivity (Wildman–Crippen MR) is 110 cm³/mol. The number of likely N-dealkylation sites (tertiary alicyclic amines) is 1. The summed E-state index contributed by atoms with van der Waals surface area (Å²) in [7, 11) is 0. The van der Waals surface area contributed by atoms with Crippen LogP contribution in [0.5, 0.6) is 0 Å². The fourth-order valence-electron chi connectivity index (χ4n) is 3.71. The molecule has 2 aromatic heterocycles. The smallest absolute Gasteiger partial charge is 0.410 e. The Hall–Kier alpha value is -2.61. The average molecular weight is 444 g/mol. The van der Waals surface area contributed by atoms with E-state index in [4.69, 9.17) is 15.5 Å². The van der Waals surface area contributed by atoms with Crippen molar-refractivity contribution in [3.8, 4) is 0 Å². The van der Waals surface area contributed by atoms with Crippen LogP contribution in [0.3, 0.4) is 0 Å². The Labute approximate surface area is 171 Å². The van der Waals surface area contributed by atoms with Gasteiger partial charge in [-0.2, -0.15) is 0 Å². The summed E-state index contributed by atoms with van der Waals surface area (Å²) in [5, 5.41) is 0. The van der Waals surface area contributed by atoms with E-state index >= 15 is 0 Å². The number of anilines is 1. The van der Waals surface area contributed by atoms with Crippen molar-refractivity contribution >= 4 is 33.4 Å². The number of carbonyl (C=O) groups excluding carboxylic acids is 1. The largest absolute Gasteiger partial charge is 0.445 e. The van der Waals surface area contributed by atoms with Gasteiger partial charge in [-0.25, -0.2) is 14.8 Å². The summed E-state index contributed by atoms with van der Waals surface area (Å²) in [4.78, 5) is 23.3. The third kappa shape index (κ3) is 3.56. The number of aryl methyl sites for hydroxylation is 1. The van der Waals surface area contributed by atoms with Crippen LogP contribution in [0, 0.1) is 6.92 Å². The van der Waals surface area contributed by atoms with Crippen LogP contribution in [-0.2, 0) is 11.3 Å². The lowest BCUT2D eigenvalue weighted by atomic mass is 9.97. The molecule has 0 radical (unpaired) electrons. The molecule has 28 heavy (non-hydrogen) atoms. The van der Waals surface area contributed by atoms with Crippen LogP contribution >= 0.6 is 15.9 Å². The maximum absolute atomic E-state index is 12.6. The van der Waals surface area contributed by atoms with Gasteiger partial charge in [0.05, 0.1) is 0 Å². The summed E-state index contributed by atoms with van der Waals surface area (Å²) in [5.41, 5.74) is 8.77. The molecular weight excluding hydrogens is 422 g/mol. The molecule has 7 nitrogen and oxygen atoms in total. The molecule has 0 spiro atoms. The molecule has 1 atom stereocenters. The summed E-state index contributed by atoms with van der Waals surface area (Å²) in [6, 6.07) is 9.70. The zero-order chi connectivity index (χ0) is 19.7. The second-order valence-corrected chi connectivity index (χ2v) is 7.81. The lowest BCUT2D eigenvalue weighted by Crippen LogP contribution is -2.39. The van der Waals surface area contributed by atoms with Gasteiger partial charge in [0, 0.05) is 30.9 Å². The number of nitrogens with two attached hydrogens (primary N) is 1. The van der Waals surface area contributed by atoms with Crippen molar-refractivity contribution in [3.05, 3.63) is 58.2 Å². The number of imidazole rings is 1. The molecule has 1 aromatic carbocycles. The van der Waals surface area contributed by atoms with Crippen molar-refractivity contribution in [2.75, 3.05) is 18.8 Å². The van der Waals surface area contributed by atoms with Gasteiger partial charge >= 0.3 is 6.09 Å². The lowest BCUT2D eigenvalue weighted by Gasteiger charge is -2.31. The van der Waals surface area contributed by atoms with Crippen molar-refractivity contribution in [3.63, 3.8) is 0 Å². The molecule has 4 rings (SSSR count). The van der Waals surface area contributed by atoms with Crippen LogP contribution in [0.2, 0.25) is 0 Å². The number of benzene rings is 1. The Balaban J connectivity index is 1.52. The topological polar surface area (TPSA) is 85.8 Å². The van der Waals surface area contributed by atoms with Gasteiger partial charge < -0.3 is 15.4 Å². The molecule has 0 saturated carbocycles. The van der Waals surface area contributed by atoms with E-state index in [1.807, 2.05) is 41.7 Å². The van der Waals surface area contributed by atoms with Crippen LogP contribution < -0.4 is 5.73 Å². The van der Waals surface area contributed by atoms with Crippen LogP contribution in [0.4, 0.5) is 10.6 Å². The fraction of sp³-hybridized carbons (Fsp3) is 0.350. The van der Waals surface area contributed by atoms with Crippen LogP contribution in [-0.4, -0.2) is 38.5 Å². The quantitative estimate of drug-likeness (QED) is 0.663. The minimum atomic E-state index is -0.286. The first-order chi connectivity index (χ1) is 13.5. The van der Waals surface area contributed by atoms with Crippen molar-refractivity contribution in [2.24, 2.45) is 0 Å². The standard InChI is InChI=1S/C20H22BrN5O2/c1-13-10-23-18(22)16-17(21)24-19(26(13)16)15-8-5-9-25(11-15)20(27)28-12-14-6-3-2-4-7-14/h2-4,6-7,10,15H,5,8-9,11-12H2,1H3,(H2,22,23). The molecular formula is C20H22BrN5O2. The van der Waals surface area contributed by atoms with Gasteiger partial charge in [0.1, 0.15) is 22.6 Å². The van der Waals surface area contributed by atoms with E-state index in [0.29, 0.717) is 23.5 Å².